The maximum Gasteiger partial charge on any atom is 0.312 e. The van der Waals surface area contributed by atoms with E-state index >= 15 is 0 Å². The SMILES string of the molecule is CCC(/C=C\C=C(/N)C(C)(C)C)C(=O)OC. The summed E-state index contributed by atoms with van der Waals surface area (Å²) in [6.45, 7) is 8.08. The predicted octanol–water partition coefficient (Wildman–Crippen LogP) is 2.63. The number of hydrogen-bond acceptors (Lipinski definition) is 3. The average Bonchev–Trinajstić information content (AvgIpc) is 2.21. The van der Waals surface area contributed by atoms with E-state index < -0.39 is 0 Å². The maximum absolute atomic E-state index is 11.3. The number of methoxy groups -OCH3 is 1. The highest BCUT2D eigenvalue weighted by Crippen LogP contribution is 2.20. The summed E-state index contributed by atoms with van der Waals surface area (Å²) in [4.78, 5) is 11.3. The highest BCUT2D eigenvalue weighted by molar-refractivity contribution is 5.74. The summed E-state index contributed by atoms with van der Waals surface area (Å²) in [6, 6.07) is 0. The van der Waals surface area contributed by atoms with Crippen molar-refractivity contribution in [3.05, 3.63) is 23.9 Å². The third-order valence-corrected chi connectivity index (χ3v) is 2.43. The molecule has 0 aromatic heterocycles. The lowest BCUT2D eigenvalue weighted by atomic mass is 9.92. The first kappa shape index (κ1) is 14.8. The van der Waals surface area contributed by atoms with Crippen LogP contribution in [0.15, 0.2) is 23.9 Å². The molecule has 3 nitrogen and oxygen atoms in total. The van der Waals surface area contributed by atoms with Gasteiger partial charge in [0.1, 0.15) is 0 Å². The molecule has 0 amide bonds. The minimum atomic E-state index is -0.207. The van der Waals surface area contributed by atoms with Gasteiger partial charge in [-0.05, 0) is 12.5 Å². The fraction of sp³-hybridized carbons (Fsp3) is 0.615. The molecule has 92 valence electrons. The van der Waals surface area contributed by atoms with Gasteiger partial charge in [0.2, 0.25) is 0 Å². The molecule has 0 aliphatic heterocycles. The second-order valence-corrected chi connectivity index (χ2v) is 4.79. The molecular weight excluding hydrogens is 202 g/mol. The van der Waals surface area contributed by atoms with Gasteiger partial charge in [-0.1, -0.05) is 39.8 Å². The van der Waals surface area contributed by atoms with Gasteiger partial charge in [0, 0.05) is 11.1 Å². The smallest absolute Gasteiger partial charge is 0.312 e. The third kappa shape index (κ3) is 5.01. The van der Waals surface area contributed by atoms with Gasteiger partial charge in [-0.3, -0.25) is 4.79 Å². The fourth-order valence-electron chi connectivity index (χ4n) is 1.08. The van der Waals surface area contributed by atoms with Crippen LogP contribution in [0.4, 0.5) is 0 Å². The Morgan fingerprint density at radius 3 is 2.38 bits per heavy atom. The standard InChI is InChI=1S/C13H23NO2/c1-6-10(12(15)16-5)8-7-9-11(14)13(2,3)4/h7-10H,6,14H2,1-5H3/b8-7-,11-9-. The molecule has 0 bridgehead atoms. The van der Waals surface area contributed by atoms with Gasteiger partial charge in [0.25, 0.3) is 0 Å². The quantitative estimate of drug-likeness (QED) is 0.591. The summed E-state index contributed by atoms with van der Waals surface area (Å²) in [5.74, 6) is -0.393. The molecule has 0 aliphatic carbocycles. The first-order valence-corrected chi connectivity index (χ1v) is 5.55. The van der Waals surface area contributed by atoms with E-state index in [1.165, 1.54) is 7.11 Å². The third-order valence-electron chi connectivity index (χ3n) is 2.43. The Kier molecular flexibility index (Phi) is 5.86. The number of ether oxygens (including phenoxy) is 1. The van der Waals surface area contributed by atoms with Gasteiger partial charge in [-0.15, -0.1) is 0 Å². The first-order valence-electron chi connectivity index (χ1n) is 5.55. The van der Waals surface area contributed by atoms with E-state index in [0.29, 0.717) is 0 Å². The van der Waals surface area contributed by atoms with Crippen LogP contribution in [0.3, 0.4) is 0 Å². The highest BCUT2D eigenvalue weighted by Gasteiger charge is 2.14. The summed E-state index contributed by atoms with van der Waals surface area (Å²) in [7, 11) is 1.40. The van der Waals surface area contributed by atoms with Crippen LogP contribution in [0.1, 0.15) is 34.1 Å². The molecule has 0 saturated carbocycles. The van der Waals surface area contributed by atoms with Crippen LogP contribution in [0.2, 0.25) is 0 Å². The Bertz CT molecular complexity index is 285. The molecule has 1 unspecified atom stereocenters. The minimum Gasteiger partial charge on any atom is -0.469 e. The molecule has 1 atom stereocenters. The Balaban J connectivity index is 4.54. The highest BCUT2D eigenvalue weighted by atomic mass is 16.5. The molecule has 0 aromatic carbocycles. The Labute approximate surface area is 98.4 Å². The maximum atomic E-state index is 11.3. The zero-order valence-corrected chi connectivity index (χ0v) is 10.9. The molecule has 0 radical (unpaired) electrons. The molecule has 0 heterocycles. The van der Waals surface area contributed by atoms with E-state index in [9.17, 15) is 4.79 Å². The van der Waals surface area contributed by atoms with Crippen LogP contribution >= 0.6 is 0 Å². The van der Waals surface area contributed by atoms with E-state index in [4.69, 9.17) is 5.73 Å². The van der Waals surface area contributed by atoms with Gasteiger partial charge in [0.05, 0.1) is 13.0 Å². The molecule has 0 aliphatic rings. The Hall–Kier alpha value is -1.25. The zero-order valence-electron chi connectivity index (χ0n) is 10.9. The van der Waals surface area contributed by atoms with Crippen molar-refractivity contribution in [1.82, 2.24) is 0 Å². The summed E-state index contributed by atoms with van der Waals surface area (Å²) in [6.07, 6.45) is 6.22. The molecule has 16 heavy (non-hydrogen) atoms. The van der Waals surface area contributed by atoms with Crippen molar-refractivity contribution >= 4 is 5.97 Å². The minimum absolute atomic E-state index is 0.0443. The van der Waals surface area contributed by atoms with Crippen molar-refractivity contribution < 1.29 is 9.53 Å². The van der Waals surface area contributed by atoms with E-state index in [0.717, 1.165) is 12.1 Å². The number of carbonyl (C=O) groups excluding carboxylic acids is 1. The lowest BCUT2D eigenvalue weighted by Gasteiger charge is -2.18. The van der Waals surface area contributed by atoms with Crippen LogP contribution in [-0.2, 0) is 9.53 Å². The van der Waals surface area contributed by atoms with Crippen LogP contribution in [0, 0.1) is 11.3 Å². The van der Waals surface area contributed by atoms with Crippen molar-refractivity contribution in [2.75, 3.05) is 7.11 Å². The molecule has 0 saturated heterocycles. The fourth-order valence-corrected chi connectivity index (χ4v) is 1.08. The van der Waals surface area contributed by atoms with Crippen LogP contribution in [-0.4, -0.2) is 13.1 Å². The topological polar surface area (TPSA) is 52.3 Å². The molecule has 0 fully saturated rings. The number of rotatable bonds is 4. The second kappa shape index (κ2) is 6.36. The van der Waals surface area contributed by atoms with Crippen LogP contribution in [0.5, 0.6) is 0 Å². The van der Waals surface area contributed by atoms with Crippen molar-refractivity contribution in [2.45, 2.75) is 34.1 Å². The van der Waals surface area contributed by atoms with E-state index in [1.807, 2.05) is 45.9 Å². The number of allylic oxidation sites excluding steroid dienone is 3. The monoisotopic (exact) mass is 225 g/mol. The number of hydrogen-bond donors (Lipinski definition) is 1. The van der Waals surface area contributed by atoms with Gasteiger partial charge in [-0.2, -0.15) is 0 Å². The van der Waals surface area contributed by atoms with Gasteiger partial charge < -0.3 is 10.5 Å². The lowest BCUT2D eigenvalue weighted by Crippen LogP contribution is -2.16. The molecule has 0 rings (SSSR count). The van der Waals surface area contributed by atoms with Gasteiger partial charge in [0.15, 0.2) is 0 Å². The molecule has 2 N–H and O–H groups in total. The molecule has 0 aromatic rings. The van der Waals surface area contributed by atoms with Gasteiger partial charge >= 0.3 is 5.97 Å². The summed E-state index contributed by atoms with van der Waals surface area (Å²) >= 11 is 0. The predicted molar refractivity (Wildman–Crippen MR) is 66.7 cm³/mol. The zero-order chi connectivity index (χ0) is 12.8. The van der Waals surface area contributed by atoms with E-state index in [-0.39, 0.29) is 17.3 Å². The first-order chi connectivity index (χ1) is 7.32. The summed E-state index contributed by atoms with van der Waals surface area (Å²) < 4.78 is 4.69. The number of esters is 1. The average molecular weight is 225 g/mol. The van der Waals surface area contributed by atoms with Crippen molar-refractivity contribution in [3.8, 4) is 0 Å². The molecular formula is C13H23NO2. The van der Waals surface area contributed by atoms with E-state index in [2.05, 4.69) is 4.74 Å². The Morgan fingerprint density at radius 1 is 1.44 bits per heavy atom. The van der Waals surface area contributed by atoms with Crippen molar-refractivity contribution in [3.63, 3.8) is 0 Å². The normalized spacial score (nSPS) is 15.2. The summed E-state index contributed by atoms with van der Waals surface area (Å²) in [5, 5.41) is 0. The number of nitrogens with two attached hydrogens (primary N) is 1. The molecule has 3 heteroatoms. The van der Waals surface area contributed by atoms with Gasteiger partial charge in [-0.25, -0.2) is 0 Å². The second-order valence-electron chi connectivity index (χ2n) is 4.79. The van der Waals surface area contributed by atoms with Crippen molar-refractivity contribution in [2.24, 2.45) is 17.1 Å². The van der Waals surface area contributed by atoms with E-state index in [1.54, 1.807) is 0 Å². The largest absolute Gasteiger partial charge is 0.469 e. The summed E-state index contributed by atoms with van der Waals surface area (Å²) in [5.41, 5.74) is 6.63. The number of carbonyl (C=O) groups is 1. The Morgan fingerprint density at radius 2 is 2.00 bits per heavy atom. The van der Waals surface area contributed by atoms with Crippen molar-refractivity contribution in [1.29, 1.82) is 0 Å². The molecule has 0 spiro atoms. The van der Waals surface area contributed by atoms with Crippen LogP contribution in [0.25, 0.3) is 0 Å². The van der Waals surface area contributed by atoms with Crippen LogP contribution < -0.4 is 5.73 Å². The lowest BCUT2D eigenvalue weighted by molar-refractivity contribution is -0.143.